The van der Waals surface area contributed by atoms with E-state index in [0.717, 1.165) is 11.3 Å². The number of hydrogen-bond donors (Lipinski definition) is 1. The lowest BCUT2D eigenvalue weighted by Gasteiger charge is -2.61. The molecule has 11 heavy (non-hydrogen) atoms. The molecular formula is C10H19N. The third-order valence-electron chi connectivity index (χ3n) is 3.67. The summed E-state index contributed by atoms with van der Waals surface area (Å²) in [5.41, 5.74) is 1.28. The second kappa shape index (κ2) is 2.01. The van der Waals surface area contributed by atoms with E-state index < -0.39 is 0 Å². The molecule has 2 fully saturated rings. The Balaban J connectivity index is 2.06. The van der Waals surface area contributed by atoms with Crippen LogP contribution in [-0.2, 0) is 0 Å². The van der Waals surface area contributed by atoms with Gasteiger partial charge in [0.05, 0.1) is 0 Å². The smallest absolute Gasteiger partial charge is 0.00231 e. The van der Waals surface area contributed by atoms with E-state index in [1.807, 2.05) is 0 Å². The summed E-state index contributed by atoms with van der Waals surface area (Å²) in [7, 11) is 0. The zero-order valence-corrected chi connectivity index (χ0v) is 7.91. The first kappa shape index (κ1) is 7.60. The second-order valence-electron chi connectivity index (χ2n) is 5.42. The average Bonchev–Trinajstić information content (AvgIpc) is 1.49. The van der Waals surface area contributed by atoms with Gasteiger partial charge in [-0.25, -0.2) is 0 Å². The minimum atomic E-state index is 0.542. The Bertz CT molecular complexity index is 157. The molecule has 0 aromatic heterocycles. The Kier molecular flexibility index (Phi) is 1.39. The van der Waals surface area contributed by atoms with Crippen molar-refractivity contribution in [1.29, 1.82) is 0 Å². The van der Waals surface area contributed by atoms with Crippen LogP contribution in [0, 0.1) is 16.7 Å². The Morgan fingerprint density at radius 2 is 1.91 bits per heavy atom. The van der Waals surface area contributed by atoms with Crippen molar-refractivity contribution in [3.63, 3.8) is 0 Å². The molecule has 2 rings (SSSR count). The summed E-state index contributed by atoms with van der Waals surface area (Å²) in [6.07, 6.45) is 2.94. The highest BCUT2D eigenvalue weighted by Gasteiger charge is 2.54. The van der Waals surface area contributed by atoms with Crippen LogP contribution in [0.5, 0.6) is 0 Å². The van der Waals surface area contributed by atoms with Crippen LogP contribution in [0.25, 0.3) is 0 Å². The van der Waals surface area contributed by atoms with Gasteiger partial charge in [-0.05, 0) is 29.6 Å². The van der Waals surface area contributed by atoms with Gasteiger partial charge in [-0.1, -0.05) is 20.8 Å². The highest BCUT2D eigenvalue weighted by Crippen LogP contribution is 2.56. The molecule has 1 heteroatoms. The molecule has 0 radical (unpaired) electrons. The van der Waals surface area contributed by atoms with Crippen molar-refractivity contribution >= 4 is 0 Å². The van der Waals surface area contributed by atoms with Crippen LogP contribution in [-0.4, -0.2) is 13.1 Å². The van der Waals surface area contributed by atoms with Crippen molar-refractivity contribution in [2.24, 2.45) is 16.7 Å². The van der Waals surface area contributed by atoms with Gasteiger partial charge in [0.1, 0.15) is 0 Å². The van der Waals surface area contributed by atoms with E-state index in [1.54, 1.807) is 0 Å². The Labute approximate surface area is 69.6 Å². The molecule has 1 N–H and O–H groups in total. The summed E-state index contributed by atoms with van der Waals surface area (Å²) in [4.78, 5) is 0. The normalized spacial score (nSPS) is 34.6. The first-order valence-corrected chi connectivity index (χ1v) is 4.75. The van der Waals surface area contributed by atoms with Crippen molar-refractivity contribution < 1.29 is 0 Å². The van der Waals surface area contributed by atoms with Gasteiger partial charge in [0.15, 0.2) is 0 Å². The Hall–Kier alpha value is -0.0400. The zero-order valence-electron chi connectivity index (χ0n) is 7.91. The van der Waals surface area contributed by atoms with Crippen LogP contribution in [0.15, 0.2) is 0 Å². The average molecular weight is 153 g/mol. The number of rotatable bonds is 0. The first-order chi connectivity index (χ1) is 5.05. The van der Waals surface area contributed by atoms with Crippen molar-refractivity contribution in [1.82, 2.24) is 5.32 Å². The summed E-state index contributed by atoms with van der Waals surface area (Å²) in [5, 5.41) is 3.41. The van der Waals surface area contributed by atoms with Crippen LogP contribution in [0.1, 0.15) is 33.6 Å². The summed E-state index contributed by atoms with van der Waals surface area (Å²) in [5.74, 6) is 0.983. The maximum Gasteiger partial charge on any atom is 0.00231 e. The van der Waals surface area contributed by atoms with Gasteiger partial charge in [0.25, 0.3) is 0 Å². The molecule has 1 aliphatic heterocycles. The standard InChI is InChI=1S/C10H19N/c1-9(2,3)8-4-5-10(8)6-11-7-10/h8,11H,4-7H2,1-3H3. The molecule has 1 nitrogen and oxygen atoms in total. The lowest BCUT2D eigenvalue weighted by Crippen LogP contribution is -2.65. The quantitative estimate of drug-likeness (QED) is 0.561. The number of hydrogen-bond acceptors (Lipinski definition) is 1. The second-order valence-corrected chi connectivity index (χ2v) is 5.42. The van der Waals surface area contributed by atoms with E-state index >= 15 is 0 Å². The third kappa shape index (κ3) is 0.936. The largest absolute Gasteiger partial charge is 0.316 e. The molecule has 1 saturated carbocycles. The molecule has 0 aromatic carbocycles. The van der Waals surface area contributed by atoms with Crippen LogP contribution in [0.2, 0.25) is 0 Å². The maximum atomic E-state index is 3.41. The maximum absolute atomic E-state index is 3.41. The van der Waals surface area contributed by atoms with Crippen molar-refractivity contribution in [2.75, 3.05) is 13.1 Å². The molecule has 1 saturated heterocycles. The van der Waals surface area contributed by atoms with Gasteiger partial charge < -0.3 is 5.32 Å². The topological polar surface area (TPSA) is 12.0 Å². The lowest BCUT2D eigenvalue weighted by atomic mass is 9.49. The van der Waals surface area contributed by atoms with Crippen molar-refractivity contribution in [3.05, 3.63) is 0 Å². The summed E-state index contributed by atoms with van der Waals surface area (Å²) in [6, 6.07) is 0. The van der Waals surface area contributed by atoms with Gasteiger partial charge in [-0.3, -0.25) is 0 Å². The zero-order chi connectivity index (χ0) is 8.11. The molecule has 1 unspecified atom stereocenters. The van der Waals surface area contributed by atoms with Crippen LogP contribution in [0.3, 0.4) is 0 Å². The van der Waals surface area contributed by atoms with Gasteiger partial charge in [0.2, 0.25) is 0 Å². The molecule has 1 atom stereocenters. The van der Waals surface area contributed by atoms with Gasteiger partial charge in [0, 0.05) is 13.1 Å². The molecule has 1 aliphatic carbocycles. The number of nitrogens with one attached hydrogen (secondary N) is 1. The van der Waals surface area contributed by atoms with Gasteiger partial charge in [-0.2, -0.15) is 0 Å². The van der Waals surface area contributed by atoms with Crippen LogP contribution < -0.4 is 5.32 Å². The first-order valence-electron chi connectivity index (χ1n) is 4.75. The minimum absolute atomic E-state index is 0.542. The minimum Gasteiger partial charge on any atom is -0.316 e. The van der Waals surface area contributed by atoms with Crippen LogP contribution >= 0.6 is 0 Å². The molecule has 1 heterocycles. The Morgan fingerprint density at radius 3 is 2.00 bits per heavy atom. The third-order valence-corrected chi connectivity index (χ3v) is 3.67. The highest BCUT2D eigenvalue weighted by molar-refractivity contribution is 5.07. The SMILES string of the molecule is CC(C)(C)C1CCC12CNC2. The van der Waals surface area contributed by atoms with Crippen LogP contribution in [0.4, 0.5) is 0 Å². The fraction of sp³-hybridized carbons (Fsp3) is 1.00. The van der Waals surface area contributed by atoms with E-state index in [-0.39, 0.29) is 0 Å². The fourth-order valence-corrected chi connectivity index (χ4v) is 2.92. The molecule has 0 amide bonds. The lowest BCUT2D eigenvalue weighted by molar-refractivity contribution is -0.0837. The summed E-state index contributed by atoms with van der Waals surface area (Å²) < 4.78 is 0. The van der Waals surface area contributed by atoms with Crippen molar-refractivity contribution in [2.45, 2.75) is 33.6 Å². The van der Waals surface area contributed by atoms with Crippen molar-refractivity contribution in [3.8, 4) is 0 Å². The summed E-state index contributed by atoms with van der Waals surface area (Å²) in [6.45, 7) is 9.73. The monoisotopic (exact) mass is 153 g/mol. The molecule has 0 bridgehead atoms. The molecular weight excluding hydrogens is 134 g/mol. The van der Waals surface area contributed by atoms with E-state index in [2.05, 4.69) is 26.1 Å². The molecule has 1 spiro atoms. The molecule has 2 aliphatic rings. The van der Waals surface area contributed by atoms with E-state index in [9.17, 15) is 0 Å². The molecule has 64 valence electrons. The van der Waals surface area contributed by atoms with E-state index in [1.165, 1.54) is 25.9 Å². The fourth-order valence-electron chi connectivity index (χ4n) is 2.92. The predicted molar refractivity (Wildman–Crippen MR) is 47.5 cm³/mol. The van der Waals surface area contributed by atoms with E-state index in [0.29, 0.717) is 5.41 Å². The van der Waals surface area contributed by atoms with E-state index in [4.69, 9.17) is 0 Å². The highest BCUT2D eigenvalue weighted by atomic mass is 15.0. The van der Waals surface area contributed by atoms with Gasteiger partial charge in [-0.15, -0.1) is 0 Å². The predicted octanol–water partition coefficient (Wildman–Crippen LogP) is 2.03. The molecule has 0 aromatic rings. The van der Waals surface area contributed by atoms with Gasteiger partial charge >= 0.3 is 0 Å². The summed E-state index contributed by atoms with van der Waals surface area (Å²) >= 11 is 0. The Morgan fingerprint density at radius 1 is 1.27 bits per heavy atom.